The van der Waals surface area contributed by atoms with Gasteiger partial charge in [-0.3, -0.25) is 9.59 Å². The van der Waals surface area contributed by atoms with Gasteiger partial charge in [0.05, 0.1) is 16.3 Å². The van der Waals surface area contributed by atoms with E-state index in [1.807, 2.05) is 26.0 Å². The fourth-order valence-corrected chi connectivity index (χ4v) is 2.46. The van der Waals surface area contributed by atoms with Crippen LogP contribution >= 0.6 is 11.6 Å². The maximum atomic E-state index is 12.7. The van der Waals surface area contributed by atoms with Crippen molar-refractivity contribution >= 4 is 34.8 Å². The number of carbonyl (C=O) groups excluding carboxylic acids is 2. The van der Waals surface area contributed by atoms with Crippen LogP contribution in [0, 0.1) is 0 Å². The Bertz CT molecular complexity index is 834. The summed E-state index contributed by atoms with van der Waals surface area (Å²) in [6, 6.07) is 9.74. The second-order valence-electron chi connectivity index (χ2n) is 6.24. The van der Waals surface area contributed by atoms with Gasteiger partial charge < -0.3 is 10.6 Å². The molecule has 2 rings (SSSR count). The van der Waals surface area contributed by atoms with Gasteiger partial charge in [0.25, 0.3) is 0 Å². The Labute approximate surface area is 159 Å². The zero-order valence-electron chi connectivity index (χ0n) is 14.7. The summed E-state index contributed by atoms with van der Waals surface area (Å²) in [5.41, 5.74) is 0.474. The summed E-state index contributed by atoms with van der Waals surface area (Å²) >= 11 is 5.81. The number of rotatable bonds is 5. The first-order chi connectivity index (χ1) is 12.6. The first-order valence-electron chi connectivity index (χ1n) is 8.12. The van der Waals surface area contributed by atoms with Gasteiger partial charge in [-0.15, -0.1) is 0 Å². The average Bonchev–Trinajstić information content (AvgIpc) is 2.56. The Morgan fingerprint density at radius 1 is 1.00 bits per heavy atom. The topological polar surface area (TPSA) is 58.2 Å². The standard InChI is InChI=1S/C19H18ClF3N2O2/c1-11(2)12-3-6-14(7-4-12)24-17(26)10-18(27)25-16-9-13(19(21,22)23)5-8-15(16)20/h3-9,11H,10H2,1-2H3,(H,24,26)(H,25,27). The van der Waals surface area contributed by atoms with E-state index in [0.29, 0.717) is 11.6 Å². The Hall–Kier alpha value is -2.54. The van der Waals surface area contributed by atoms with Crippen molar-refractivity contribution in [3.05, 3.63) is 58.6 Å². The van der Waals surface area contributed by atoms with Crippen LogP contribution in [0.5, 0.6) is 0 Å². The molecule has 2 aromatic rings. The first-order valence-corrected chi connectivity index (χ1v) is 8.50. The highest BCUT2D eigenvalue weighted by atomic mass is 35.5. The van der Waals surface area contributed by atoms with Gasteiger partial charge in [0.1, 0.15) is 6.42 Å². The van der Waals surface area contributed by atoms with E-state index in [0.717, 1.165) is 23.8 Å². The highest BCUT2D eigenvalue weighted by molar-refractivity contribution is 6.33. The fourth-order valence-electron chi connectivity index (χ4n) is 2.29. The fraction of sp³-hybridized carbons (Fsp3) is 0.263. The van der Waals surface area contributed by atoms with Crippen LogP contribution < -0.4 is 10.6 Å². The van der Waals surface area contributed by atoms with E-state index >= 15 is 0 Å². The van der Waals surface area contributed by atoms with E-state index in [4.69, 9.17) is 11.6 Å². The number of nitrogens with one attached hydrogen (secondary N) is 2. The molecular weight excluding hydrogens is 381 g/mol. The normalized spacial score (nSPS) is 11.4. The summed E-state index contributed by atoms with van der Waals surface area (Å²) in [4.78, 5) is 23.9. The van der Waals surface area contributed by atoms with Gasteiger partial charge in [-0.05, 0) is 41.8 Å². The van der Waals surface area contributed by atoms with Crippen LogP contribution in [-0.2, 0) is 15.8 Å². The molecule has 4 nitrogen and oxygen atoms in total. The third kappa shape index (κ3) is 5.99. The summed E-state index contributed by atoms with van der Waals surface area (Å²) in [6.45, 7) is 4.08. The van der Waals surface area contributed by atoms with Crippen molar-refractivity contribution in [2.24, 2.45) is 0 Å². The van der Waals surface area contributed by atoms with E-state index in [9.17, 15) is 22.8 Å². The minimum absolute atomic E-state index is 0.0546. The molecule has 8 heteroatoms. The van der Waals surface area contributed by atoms with Crippen molar-refractivity contribution in [2.75, 3.05) is 10.6 Å². The van der Waals surface area contributed by atoms with Crippen LogP contribution in [-0.4, -0.2) is 11.8 Å². The van der Waals surface area contributed by atoms with E-state index in [-0.39, 0.29) is 10.7 Å². The molecule has 0 radical (unpaired) electrons. The summed E-state index contributed by atoms with van der Waals surface area (Å²) in [7, 11) is 0. The van der Waals surface area contributed by atoms with Gasteiger partial charge in [0, 0.05) is 5.69 Å². The molecule has 144 valence electrons. The van der Waals surface area contributed by atoms with Crippen molar-refractivity contribution in [1.29, 1.82) is 0 Å². The smallest absolute Gasteiger partial charge is 0.326 e. The second-order valence-corrected chi connectivity index (χ2v) is 6.65. The van der Waals surface area contributed by atoms with Crippen molar-refractivity contribution in [2.45, 2.75) is 32.4 Å². The zero-order chi connectivity index (χ0) is 20.2. The molecule has 2 N–H and O–H groups in total. The molecular formula is C19H18ClF3N2O2. The number of halogens is 4. The number of benzene rings is 2. The quantitative estimate of drug-likeness (QED) is 0.658. The molecule has 0 unspecified atom stereocenters. The third-order valence-corrected chi connectivity index (χ3v) is 4.08. The lowest BCUT2D eigenvalue weighted by Crippen LogP contribution is -2.21. The molecule has 0 bridgehead atoms. The molecule has 0 saturated carbocycles. The molecule has 0 fully saturated rings. The van der Waals surface area contributed by atoms with Gasteiger partial charge in [-0.1, -0.05) is 37.6 Å². The molecule has 0 aliphatic carbocycles. The number of hydrogen-bond acceptors (Lipinski definition) is 2. The Kier molecular flexibility index (Phi) is 6.49. The maximum Gasteiger partial charge on any atom is 0.416 e. The number of anilines is 2. The monoisotopic (exact) mass is 398 g/mol. The molecule has 2 amide bonds. The maximum absolute atomic E-state index is 12.7. The minimum atomic E-state index is -4.57. The first kappa shape index (κ1) is 20.8. The molecule has 27 heavy (non-hydrogen) atoms. The van der Waals surface area contributed by atoms with Crippen LogP contribution in [0.3, 0.4) is 0 Å². The molecule has 0 spiro atoms. The van der Waals surface area contributed by atoms with E-state index in [2.05, 4.69) is 10.6 Å². The van der Waals surface area contributed by atoms with Crippen LogP contribution in [0.1, 0.15) is 37.3 Å². The average molecular weight is 399 g/mol. The molecule has 0 aliphatic heterocycles. The van der Waals surface area contributed by atoms with Gasteiger partial charge in [0.15, 0.2) is 0 Å². The summed E-state index contributed by atoms with van der Waals surface area (Å²) in [6.07, 6.45) is -5.12. The van der Waals surface area contributed by atoms with E-state index < -0.39 is 30.0 Å². The van der Waals surface area contributed by atoms with Gasteiger partial charge >= 0.3 is 6.18 Å². The van der Waals surface area contributed by atoms with Gasteiger partial charge in [0.2, 0.25) is 11.8 Å². The van der Waals surface area contributed by atoms with E-state index in [1.165, 1.54) is 0 Å². The minimum Gasteiger partial charge on any atom is -0.326 e. The number of amides is 2. The predicted molar refractivity (Wildman–Crippen MR) is 98.9 cm³/mol. The molecule has 0 saturated heterocycles. The molecule has 2 aromatic carbocycles. The number of carbonyl (C=O) groups is 2. The summed E-state index contributed by atoms with van der Waals surface area (Å²) in [5.74, 6) is -1.02. The van der Waals surface area contributed by atoms with Crippen LogP contribution in [0.4, 0.5) is 24.5 Å². The Morgan fingerprint density at radius 2 is 1.59 bits per heavy atom. The summed E-state index contributed by atoms with van der Waals surface area (Å²) in [5, 5.41) is 4.74. The molecule has 0 heterocycles. The van der Waals surface area contributed by atoms with Crippen LogP contribution in [0.15, 0.2) is 42.5 Å². The third-order valence-electron chi connectivity index (χ3n) is 3.75. The van der Waals surface area contributed by atoms with Gasteiger partial charge in [-0.25, -0.2) is 0 Å². The van der Waals surface area contributed by atoms with Crippen molar-refractivity contribution in [3.63, 3.8) is 0 Å². The van der Waals surface area contributed by atoms with Crippen LogP contribution in [0.25, 0.3) is 0 Å². The predicted octanol–water partition coefficient (Wildman–Crippen LogP) is 5.45. The highest BCUT2D eigenvalue weighted by Gasteiger charge is 2.31. The lowest BCUT2D eigenvalue weighted by Gasteiger charge is -2.12. The summed E-state index contributed by atoms with van der Waals surface area (Å²) < 4.78 is 38.2. The number of alkyl halides is 3. The SMILES string of the molecule is CC(C)c1ccc(NC(=O)CC(=O)Nc2cc(C(F)(F)F)ccc2Cl)cc1. The lowest BCUT2D eigenvalue weighted by molar-refractivity contribution is -0.137. The highest BCUT2D eigenvalue weighted by Crippen LogP contribution is 2.33. The Balaban J connectivity index is 1.98. The van der Waals surface area contributed by atoms with Gasteiger partial charge in [-0.2, -0.15) is 13.2 Å². The second kappa shape index (κ2) is 8.43. The van der Waals surface area contributed by atoms with Crippen molar-refractivity contribution < 1.29 is 22.8 Å². The number of hydrogen-bond donors (Lipinski definition) is 2. The largest absolute Gasteiger partial charge is 0.416 e. The van der Waals surface area contributed by atoms with Crippen molar-refractivity contribution in [1.82, 2.24) is 0 Å². The molecule has 0 aromatic heterocycles. The molecule has 0 atom stereocenters. The van der Waals surface area contributed by atoms with Crippen LogP contribution in [0.2, 0.25) is 5.02 Å². The zero-order valence-corrected chi connectivity index (χ0v) is 15.4. The lowest BCUT2D eigenvalue weighted by atomic mass is 10.0. The van der Waals surface area contributed by atoms with Crippen molar-refractivity contribution in [3.8, 4) is 0 Å². The Morgan fingerprint density at radius 3 is 2.15 bits per heavy atom. The molecule has 0 aliphatic rings. The van der Waals surface area contributed by atoms with E-state index in [1.54, 1.807) is 12.1 Å².